The number of aromatic nitrogens is 2. The molecule has 0 aliphatic rings. The maximum Gasteiger partial charge on any atom is 0.265 e. The molecule has 0 aliphatic heterocycles. The van der Waals surface area contributed by atoms with Crippen molar-refractivity contribution in [1.82, 2.24) is 10.1 Å². The average molecular weight is 427 g/mol. The zero-order valence-electron chi connectivity index (χ0n) is 11.9. The first-order chi connectivity index (χ1) is 11.4. The molecule has 4 aromatic rings. The summed E-state index contributed by atoms with van der Waals surface area (Å²) in [6.07, 6.45) is 1.42. The lowest BCUT2D eigenvalue weighted by Crippen LogP contribution is -2.12. The number of fused-ring (bicyclic) bond motifs is 2. The van der Waals surface area contributed by atoms with Gasteiger partial charge in [-0.2, -0.15) is 0 Å². The Bertz CT molecular complexity index is 1180. The summed E-state index contributed by atoms with van der Waals surface area (Å²) in [4.78, 5) is 3.02. The molecule has 0 bridgehead atoms. The van der Waals surface area contributed by atoms with Crippen LogP contribution in [0.3, 0.4) is 0 Å². The molecule has 0 unspecified atom stereocenters. The van der Waals surface area contributed by atoms with E-state index >= 15 is 0 Å². The van der Waals surface area contributed by atoms with Crippen molar-refractivity contribution in [2.45, 2.75) is 4.90 Å². The van der Waals surface area contributed by atoms with E-state index in [1.54, 1.807) is 36.4 Å². The van der Waals surface area contributed by atoms with Gasteiger partial charge in [0.1, 0.15) is 4.90 Å². The van der Waals surface area contributed by atoms with Gasteiger partial charge >= 0.3 is 0 Å². The Morgan fingerprint density at radius 1 is 1.17 bits per heavy atom. The van der Waals surface area contributed by atoms with Crippen molar-refractivity contribution >= 4 is 65.2 Å². The lowest BCUT2D eigenvalue weighted by atomic mass is 10.2. The van der Waals surface area contributed by atoms with Crippen molar-refractivity contribution in [3.63, 3.8) is 0 Å². The largest absolute Gasteiger partial charge is 0.360 e. The molecule has 0 saturated carbocycles. The lowest BCUT2D eigenvalue weighted by Gasteiger charge is -2.04. The summed E-state index contributed by atoms with van der Waals surface area (Å²) in [5, 5.41) is 5.45. The number of H-pyrrole nitrogens is 1. The molecule has 2 heterocycles. The van der Waals surface area contributed by atoms with Crippen molar-refractivity contribution < 1.29 is 12.9 Å². The average Bonchev–Trinajstić information content (AvgIpc) is 3.11. The van der Waals surface area contributed by atoms with Crippen molar-refractivity contribution in [2.24, 2.45) is 0 Å². The summed E-state index contributed by atoms with van der Waals surface area (Å²) >= 11 is 9.25. The van der Waals surface area contributed by atoms with Gasteiger partial charge < -0.3 is 9.51 Å². The number of halogens is 2. The molecule has 2 aromatic carbocycles. The molecule has 0 atom stereocenters. The monoisotopic (exact) mass is 425 g/mol. The fourth-order valence-electron chi connectivity index (χ4n) is 2.46. The van der Waals surface area contributed by atoms with Gasteiger partial charge in [-0.25, -0.2) is 8.42 Å². The van der Waals surface area contributed by atoms with E-state index in [0.717, 1.165) is 4.47 Å². The van der Waals surface area contributed by atoms with Crippen LogP contribution in [0.25, 0.3) is 21.9 Å². The van der Waals surface area contributed by atoms with Crippen LogP contribution in [0.4, 0.5) is 5.82 Å². The maximum absolute atomic E-state index is 12.7. The molecule has 24 heavy (non-hydrogen) atoms. The lowest BCUT2D eigenvalue weighted by molar-refractivity contribution is 0.460. The summed E-state index contributed by atoms with van der Waals surface area (Å²) < 4.78 is 33.9. The second kappa shape index (κ2) is 5.51. The molecule has 6 nitrogen and oxygen atoms in total. The van der Waals surface area contributed by atoms with Gasteiger partial charge in [-0.1, -0.05) is 32.7 Å². The van der Waals surface area contributed by atoms with Gasteiger partial charge in [0.05, 0.1) is 5.39 Å². The Labute approximate surface area is 150 Å². The molecular weight excluding hydrogens is 418 g/mol. The molecule has 0 aliphatic carbocycles. The molecule has 0 amide bonds. The van der Waals surface area contributed by atoms with E-state index in [4.69, 9.17) is 16.1 Å². The summed E-state index contributed by atoms with van der Waals surface area (Å²) in [6.45, 7) is 0. The fourth-order valence-corrected chi connectivity index (χ4v) is 4.17. The Morgan fingerprint density at radius 2 is 1.96 bits per heavy atom. The molecular formula is C15H9BrClN3O3S. The third-order valence-corrected chi connectivity index (χ3v) is 5.67. The third-order valence-electron chi connectivity index (χ3n) is 3.56. The number of hydrogen-bond donors (Lipinski definition) is 2. The van der Waals surface area contributed by atoms with Gasteiger partial charge in [-0.3, -0.25) is 4.72 Å². The van der Waals surface area contributed by atoms with E-state index in [0.29, 0.717) is 26.9 Å². The minimum Gasteiger partial charge on any atom is -0.360 e. The zero-order chi connectivity index (χ0) is 16.9. The van der Waals surface area contributed by atoms with Gasteiger partial charge in [-0.05, 0) is 36.4 Å². The van der Waals surface area contributed by atoms with Crippen LogP contribution in [0, 0.1) is 0 Å². The summed E-state index contributed by atoms with van der Waals surface area (Å²) in [7, 11) is -3.84. The highest BCUT2D eigenvalue weighted by Crippen LogP contribution is 2.30. The molecule has 2 N–H and O–H groups in total. The number of rotatable bonds is 3. The minimum absolute atomic E-state index is 0.113. The summed E-state index contributed by atoms with van der Waals surface area (Å²) in [6, 6.07) is 10.2. The third kappa shape index (κ3) is 2.56. The predicted molar refractivity (Wildman–Crippen MR) is 95.8 cm³/mol. The second-order valence-corrected chi connectivity index (χ2v) is 8.12. The SMILES string of the molecule is O=S(=O)(Nc1noc2cc(Br)ccc12)c1c[nH]c2cc(Cl)ccc12. The first-order valence-corrected chi connectivity index (χ1v) is 9.44. The highest BCUT2D eigenvalue weighted by Gasteiger charge is 2.22. The van der Waals surface area contributed by atoms with Crippen LogP contribution in [-0.2, 0) is 10.0 Å². The Morgan fingerprint density at radius 3 is 2.79 bits per heavy atom. The predicted octanol–water partition coefficient (Wildman–Crippen LogP) is 4.53. The number of nitrogens with one attached hydrogen (secondary N) is 2. The van der Waals surface area contributed by atoms with E-state index in [9.17, 15) is 8.42 Å². The van der Waals surface area contributed by atoms with Gasteiger partial charge in [0, 0.05) is 26.6 Å². The van der Waals surface area contributed by atoms with Crippen molar-refractivity contribution in [3.8, 4) is 0 Å². The van der Waals surface area contributed by atoms with E-state index in [-0.39, 0.29) is 10.7 Å². The first kappa shape index (κ1) is 15.5. The molecule has 0 spiro atoms. The summed E-state index contributed by atoms with van der Waals surface area (Å²) in [5.74, 6) is 0.140. The Balaban J connectivity index is 1.79. The van der Waals surface area contributed by atoms with Crippen LogP contribution < -0.4 is 4.72 Å². The van der Waals surface area contributed by atoms with Crippen LogP contribution in [-0.4, -0.2) is 18.6 Å². The summed E-state index contributed by atoms with van der Waals surface area (Å²) in [5.41, 5.74) is 1.12. The van der Waals surface area contributed by atoms with Crippen molar-refractivity contribution in [3.05, 3.63) is 52.1 Å². The maximum atomic E-state index is 12.7. The second-order valence-electron chi connectivity index (χ2n) is 5.12. The molecule has 122 valence electrons. The topological polar surface area (TPSA) is 88.0 Å². The zero-order valence-corrected chi connectivity index (χ0v) is 15.0. The van der Waals surface area contributed by atoms with Crippen LogP contribution in [0.5, 0.6) is 0 Å². The fraction of sp³-hybridized carbons (Fsp3) is 0. The van der Waals surface area contributed by atoms with Gasteiger partial charge in [0.15, 0.2) is 11.4 Å². The molecule has 0 fully saturated rings. The standard InChI is InChI=1S/C15H9BrClN3O3S/c16-8-1-3-11-13(5-8)23-19-15(11)20-24(21,22)14-7-18-12-6-9(17)2-4-10(12)14/h1-7,18H,(H,19,20). The number of nitrogens with zero attached hydrogens (tertiary/aromatic N) is 1. The molecule has 2 aromatic heterocycles. The van der Waals surface area contributed by atoms with Crippen LogP contribution in [0.2, 0.25) is 5.02 Å². The molecule has 0 radical (unpaired) electrons. The van der Waals surface area contributed by atoms with E-state index in [2.05, 4.69) is 30.8 Å². The van der Waals surface area contributed by atoms with Gasteiger partial charge in [0.2, 0.25) is 0 Å². The van der Waals surface area contributed by atoms with Crippen LogP contribution in [0.1, 0.15) is 0 Å². The van der Waals surface area contributed by atoms with Crippen LogP contribution >= 0.6 is 27.5 Å². The van der Waals surface area contributed by atoms with E-state index in [1.807, 2.05) is 0 Å². The first-order valence-electron chi connectivity index (χ1n) is 6.78. The number of aromatic amines is 1. The van der Waals surface area contributed by atoms with E-state index < -0.39 is 10.0 Å². The van der Waals surface area contributed by atoms with Crippen molar-refractivity contribution in [2.75, 3.05) is 4.72 Å². The number of hydrogen-bond acceptors (Lipinski definition) is 4. The van der Waals surface area contributed by atoms with Gasteiger partial charge in [-0.15, -0.1) is 0 Å². The highest BCUT2D eigenvalue weighted by molar-refractivity contribution is 9.10. The smallest absolute Gasteiger partial charge is 0.265 e. The quantitative estimate of drug-likeness (QED) is 0.504. The highest BCUT2D eigenvalue weighted by atomic mass is 79.9. The van der Waals surface area contributed by atoms with Gasteiger partial charge in [0.25, 0.3) is 10.0 Å². The number of anilines is 1. The number of benzene rings is 2. The van der Waals surface area contributed by atoms with Crippen molar-refractivity contribution in [1.29, 1.82) is 0 Å². The molecule has 0 saturated heterocycles. The molecule has 9 heteroatoms. The number of sulfonamides is 1. The minimum atomic E-state index is -3.84. The van der Waals surface area contributed by atoms with E-state index in [1.165, 1.54) is 6.20 Å². The molecule has 4 rings (SSSR count). The Hall–Kier alpha value is -2.03. The van der Waals surface area contributed by atoms with Crippen LogP contribution in [0.15, 0.2) is 56.5 Å². The Kier molecular flexibility index (Phi) is 3.56. The normalized spacial score (nSPS) is 12.1.